The molecule has 0 aliphatic carbocycles. The number of urea groups is 1. The Morgan fingerprint density at radius 2 is 1.92 bits per heavy atom. The number of imide groups is 1. The van der Waals surface area contributed by atoms with Crippen molar-refractivity contribution in [3.05, 3.63) is 48.3 Å². The van der Waals surface area contributed by atoms with Gasteiger partial charge in [0.25, 0.3) is 5.91 Å². The van der Waals surface area contributed by atoms with Crippen LogP contribution in [-0.2, 0) is 11.2 Å². The van der Waals surface area contributed by atoms with Crippen LogP contribution < -0.4 is 10.6 Å². The fourth-order valence-electron chi connectivity index (χ4n) is 3.85. The third-order valence-electron chi connectivity index (χ3n) is 5.19. The van der Waals surface area contributed by atoms with Crippen molar-refractivity contribution in [1.29, 1.82) is 0 Å². The second-order valence-electron chi connectivity index (χ2n) is 6.76. The molecule has 6 heteroatoms. The van der Waals surface area contributed by atoms with Crippen LogP contribution >= 0.6 is 0 Å². The highest BCUT2D eigenvalue weighted by atomic mass is 19.1. The van der Waals surface area contributed by atoms with Gasteiger partial charge in [-0.1, -0.05) is 18.2 Å². The Bertz CT molecular complexity index is 655. The van der Waals surface area contributed by atoms with Crippen molar-refractivity contribution in [3.63, 3.8) is 0 Å². The molecule has 0 bridgehead atoms. The summed E-state index contributed by atoms with van der Waals surface area (Å²) in [5.41, 5.74) is -0.0998. The summed E-state index contributed by atoms with van der Waals surface area (Å²) in [6.45, 7) is 5.65. The van der Waals surface area contributed by atoms with Crippen molar-refractivity contribution < 1.29 is 14.0 Å². The molecule has 3 rings (SSSR count). The van der Waals surface area contributed by atoms with Gasteiger partial charge in [-0.2, -0.15) is 0 Å². The van der Waals surface area contributed by atoms with Crippen LogP contribution in [-0.4, -0.2) is 42.0 Å². The number of hydrogen-bond acceptors (Lipinski definition) is 3. The van der Waals surface area contributed by atoms with Gasteiger partial charge < -0.3 is 10.6 Å². The van der Waals surface area contributed by atoms with E-state index in [-0.39, 0.29) is 23.7 Å². The smallest absolute Gasteiger partial charge is 0.322 e. The zero-order valence-electron chi connectivity index (χ0n) is 14.3. The van der Waals surface area contributed by atoms with Gasteiger partial charge in [-0.15, -0.1) is 6.58 Å². The fourth-order valence-corrected chi connectivity index (χ4v) is 3.85. The number of piperidine rings is 1. The van der Waals surface area contributed by atoms with Gasteiger partial charge in [0.05, 0.1) is 0 Å². The number of nitrogens with zero attached hydrogens (tertiary/aromatic N) is 1. The van der Waals surface area contributed by atoms with E-state index in [9.17, 15) is 14.0 Å². The van der Waals surface area contributed by atoms with E-state index >= 15 is 0 Å². The van der Waals surface area contributed by atoms with Crippen LogP contribution in [0.1, 0.15) is 24.8 Å². The number of rotatable bonds is 6. The SMILES string of the molecule is C=CCCN1C(=O)N[C@](Cc2ccc(F)cc2)(C2CCNCC2)C1=O. The number of carbonyl (C=O) groups excluding carboxylic acids is 2. The van der Waals surface area contributed by atoms with Crippen LogP contribution in [0, 0.1) is 11.7 Å². The number of benzene rings is 1. The number of carbonyl (C=O) groups is 2. The Labute approximate surface area is 147 Å². The lowest BCUT2D eigenvalue weighted by Crippen LogP contribution is -2.57. The van der Waals surface area contributed by atoms with Gasteiger partial charge in [0, 0.05) is 13.0 Å². The standard InChI is InChI=1S/C19H24FN3O2/c1-2-3-12-23-17(24)19(22-18(23)25,15-8-10-21-11-9-15)13-14-4-6-16(20)7-5-14/h2,4-7,15,21H,1,3,8-13H2,(H,22,25)/t19-/m1/s1. The van der Waals surface area contributed by atoms with Gasteiger partial charge in [0.2, 0.25) is 0 Å². The van der Waals surface area contributed by atoms with E-state index < -0.39 is 5.54 Å². The fraction of sp³-hybridized carbons (Fsp3) is 0.474. The Balaban J connectivity index is 1.91. The molecule has 0 saturated carbocycles. The summed E-state index contributed by atoms with van der Waals surface area (Å²) in [7, 11) is 0. The monoisotopic (exact) mass is 345 g/mol. The van der Waals surface area contributed by atoms with Crippen LogP contribution in [0.3, 0.4) is 0 Å². The molecule has 1 atom stereocenters. The minimum absolute atomic E-state index is 0.0592. The van der Waals surface area contributed by atoms with Crippen LogP contribution in [0.4, 0.5) is 9.18 Å². The van der Waals surface area contributed by atoms with E-state index in [1.807, 2.05) is 0 Å². The summed E-state index contributed by atoms with van der Waals surface area (Å²) in [5, 5.41) is 6.29. The second kappa shape index (κ2) is 7.35. The molecule has 1 aromatic rings. The van der Waals surface area contributed by atoms with Crippen molar-refractivity contribution in [2.75, 3.05) is 19.6 Å². The third-order valence-corrected chi connectivity index (χ3v) is 5.19. The van der Waals surface area contributed by atoms with Crippen LogP contribution in [0.15, 0.2) is 36.9 Å². The first-order valence-corrected chi connectivity index (χ1v) is 8.77. The highest BCUT2D eigenvalue weighted by Gasteiger charge is 2.55. The molecule has 1 aromatic carbocycles. The zero-order chi connectivity index (χ0) is 17.9. The van der Waals surface area contributed by atoms with Crippen molar-refractivity contribution in [1.82, 2.24) is 15.5 Å². The lowest BCUT2D eigenvalue weighted by Gasteiger charge is -2.38. The zero-order valence-corrected chi connectivity index (χ0v) is 14.3. The number of nitrogens with one attached hydrogen (secondary N) is 2. The molecule has 2 aliphatic heterocycles. The minimum atomic E-state index is -0.946. The molecular weight excluding hydrogens is 321 g/mol. The first-order valence-electron chi connectivity index (χ1n) is 8.77. The molecule has 2 saturated heterocycles. The maximum absolute atomic E-state index is 13.2. The summed E-state index contributed by atoms with van der Waals surface area (Å²) in [6, 6.07) is 5.81. The predicted molar refractivity (Wildman–Crippen MR) is 93.5 cm³/mol. The molecule has 134 valence electrons. The van der Waals surface area contributed by atoms with Gasteiger partial charge in [-0.3, -0.25) is 9.69 Å². The Morgan fingerprint density at radius 3 is 2.56 bits per heavy atom. The quantitative estimate of drug-likeness (QED) is 0.614. The number of amides is 3. The molecule has 0 aromatic heterocycles. The van der Waals surface area contributed by atoms with Crippen LogP contribution in [0.2, 0.25) is 0 Å². The summed E-state index contributed by atoms with van der Waals surface area (Å²) in [6.07, 6.45) is 4.29. The molecule has 5 nitrogen and oxygen atoms in total. The normalized spacial score (nSPS) is 24.4. The van der Waals surface area contributed by atoms with Crippen LogP contribution in [0.5, 0.6) is 0 Å². The maximum Gasteiger partial charge on any atom is 0.325 e. The molecule has 0 unspecified atom stereocenters. The van der Waals surface area contributed by atoms with Crippen LogP contribution in [0.25, 0.3) is 0 Å². The van der Waals surface area contributed by atoms with E-state index in [4.69, 9.17) is 0 Å². The summed E-state index contributed by atoms with van der Waals surface area (Å²) < 4.78 is 13.2. The third kappa shape index (κ3) is 3.44. The largest absolute Gasteiger partial charge is 0.325 e. The first-order chi connectivity index (χ1) is 12.1. The van der Waals surface area contributed by atoms with Gasteiger partial charge in [0.1, 0.15) is 11.4 Å². The van der Waals surface area contributed by atoms with E-state index in [1.165, 1.54) is 17.0 Å². The van der Waals surface area contributed by atoms with Gasteiger partial charge in [0.15, 0.2) is 0 Å². The van der Waals surface area contributed by atoms with Gasteiger partial charge in [-0.05, 0) is 56.0 Å². The van der Waals surface area contributed by atoms with E-state index in [1.54, 1.807) is 18.2 Å². The van der Waals surface area contributed by atoms with Gasteiger partial charge in [-0.25, -0.2) is 9.18 Å². The Morgan fingerprint density at radius 1 is 1.24 bits per heavy atom. The molecule has 0 radical (unpaired) electrons. The summed E-state index contributed by atoms with van der Waals surface area (Å²) >= 11 is 0. The molecule has 2 heterocycles. The predicted octanol–water partition coefficient (Wildman–Crippen LogP) is 2.23. The maximum atomic E-state index is 13.2. The highest BCUT2D eigenvalue weighted by molar-refractivity contribution is 6.07. The Hall–Kier alpha value is -2.21. The highest BCUT2D eigenvalue weighted by Crippen LogP contribution is 2.35. The molecule has 0 spiro atoms. The topological polar surface area (TPSA) is 61.4 Å². The molecule has 2 aliphatic rings. The molecule has 2 N–H and O–H groups in total. The van der Waals surface area contributed by atoms with Crippen molar-refractivity contribution in [2.24, 2.45) is 5.92 Å². The number of halogens is 1. The van der Waals surface area contributed by atoms with Gasteiger partial charge >= 0.3 is 6.03 Å². The average molecular weight is 345 g/mol. The molecular formula is C19H24FN3O2. The lowest BCUT2D eigenvalue weighted by molar-refractivity contribution is -0.133. The van der Waals surface area contributed by atoms with E-state index in [0.717, 1.165) is 31.5 Å². The molecule has 3 amide bonds. The van der Waals surface area contributed by atoms with Crippen molar-refractivity contribution in [3.8, 4) is 0 Å². The van der Waals surface area contributed by atoms with E-state index in [2.05, 4.69) is 17.2 Å². The van der Waals surface area contributed by atoms with E-state index in [0.29, 0.717) is 19.4 Å². The molecule has 25 heavy (non-hydrogen) atoms. The summed E-state index contributed by atoms with van der Waals surface area (Å²) in [4.78, 5) is 27.0. The minimum Gasteiger partial charge on any atom is -0.322 e. The summed E-state index contributed by atoms with van der Waals surface area (Å²) in [5.74, 6) is -0.423. The lowest BCUT2D eigenvalue weighted by atomic mass is 9.74. The first kappa shape index (κ1) is 17.6. The second-order valence-corrected chi connectivity index (χ2v) is 6.76. The van der Waals surface area contributed by atoms with Crippen molar-refractivity contribution >= 4 is 11.9 Å². The average Bonchev–Trinajstić information content (AvgIpc) is 2.87. The number of hydrogen-bond donors (Lipinski definition) is 2. The molecule has 2 fully saturated rings. The Kier molecular flexibility index (Phi) is 5.18. The van der Waals surface area contributed by atoms with Crippen molar-refractivity contribution in [2.45, 2.75) is 31.2 Å².